The van der Waals surface area contributed by atoms with Gasteiger partial charge in [-0.25, -0.2) is 0 Å². The van der Waals surface area contributed by atoms with Crippen LogP contribution in [0.3, 0.4) is 0 Å². The Morgan fingerprint density at radius 1 is 1.27 bits per heavy atom. The summed E-state index contributed by atoms with van der Waals surface area (Å²) in [7, 11) is 0. The molecule has 1 N–H and O–H groups in total. The third kappa shape index (κ3) is 4.04. The standard InChI is InChI=1S/C16H17F2NO2S/c1-9-7-14(22-11(9)3)15(20)19-10(2)12-5-4-6-13(8-12)21-16(17)18/h4-8,10,16H,1-3H3,(H,19,20)/t10-/m0/s1. The summed E-state index contributed by atoms with van der Waals surface area (Å²) in [6.45, 7) is 2.85. The van der Waals surface area contributed by atoms with Gasteiger partial charge in [-0.1, -0.05) is 12.1 Å². The first kappa shape index (κ1) is 16.4. The number of rotatable bonds is 5. The van der Waals surface area contributed by atoms with E-state index in [1.54, 1.807) is 19.1 Å². The van der Waals surface area contributed by atoms with Gasteiger partial charge in [-0.2, -0.15) is 8.78 Å². The molecule has 0 bridgehead atoms. The molecule has 0 aliphatic carbocycles. The van der Waals surface area contributed by atoms with Gasteiger partial charge in [0.1, 0.15) is 5.75 Å². The molecule has 1 atom stereocenters. The Balaban J connectivity index is 2.08. The van der Waals surface area contributed by atoms with Gasteiger partial charge in [0.05, 0.1) is 10.9 Å². The van der Waals surface area contributed by atoms with Gasteiger partial charge in [0.2, 0.25) is 0 Å². The van der Waals surface area contributed by atoms with E-state index in [2.05, 4.69) is 10.1 Å². The predicted octanol–water partition coefficient (Wildman–Crippen LogP) is 4.46. The topological polar surface area (TPSA) is 38.3 Å². The summed E-state index contributed by atoms with van der Waals surface area (Å²) in [4.78, 5) is 13.9. The second-order valence-electron chi connectivity index (χ2n) is 5.00. The zero-order chi connectivity index (χ0) is 16.3. The molecule has 0 unspecified atom stereocenters. The Morgan fingerprint density at radius 3 is 2.59 bits per heavy atom. The van der Waals surface area contributed by atoms with Crippen LogP contribution >= 0.6 is 11.3 Å². The Morgan fingerprint density at radius 2 is 2.00 bits per heavy atom. The van der Waals surface area contributed by atoms with Crippen LogP contribution in [0.1, 0.15) is 38.6 Å². The van der Waals surface area contributed by atoms with Crippen molar-refractivity contribution in [2.24, 2.45) is 0 Å². The zero-order valence-electron chi connectivity index (χ0n) is 12.5. The average molecular weight is 325 g/mol. The van der Waals surface area contributed by atoms with E-state index in [4.69, 9.17) is 0 Å². The van der Waals surface area contributed by atoms with Crippen molar-refractivity contribution in [3.8, 4) is 5.75 Å². The van der Waals surface area contributed by atoms with E-state index in [-0.39, 0.29) is 17.7 Å². The lowest BCUT2D eigenvalue weighted by molar-refractivity contribution is -0.0499. The maximum absolute atomic E-state index is 12.2. The highest BCUT2D eigenvalue weighted by Crippen LogP contribution is 2.23. The minimum atomic E-state index is -2.86. The predicted molar refractivity (Wildman–Crippen MR) is 82.7 cm³/mol. The molecule has 0 radical (unpaired) electrons. The molecule has 0 spiro atoms. The highest BCUT2D eigenvalue weighted by molar-refractivity contribution is 7.14. The fourth-order valence-corrected chi connectivity index (χ4v) is 2.93. The molecular weight excluding hydrogens is 308 g/mol. The minimum Gasteiger partial charge on any atom is -0.435 e. The number of benzene rings is 1. The van der Waals surface area contributed by atoms with Gasteiger partial charge in [0.15, 0.2) is 0 Å². The summed E-state index contributed by atoms with van der Waals surface area (Å²) < 4.78 is 28.8. The average Bonchev–Trinajstić information content (AvgIpc) is 2.78. The van der Waals surface area contributed by atoms with E-state index < -0.39 is 6.61 Å². The van der Waals surface area contributed by atoms with Crippen LogP contribution in [0.15, 0.2) is 30.3 Å². The van der Waals surface area contributed by atoms with Gasteiger partial charge >= 0.3 is 6.61 Å². The number of amides is 1. The summed E-state index contributed by atoms with van der Waals surface area (Å²) in [5.74, 6) is -0.0923. The minimum absolute atomic E-state index is 0.0800. The van der Waals surface area contributed by atoms with Gasteiger partial charge < -0.3 is 10.1 Å². The third-order valence-electron chi connectivity index (χ3n) is 3.32. The number of alkyl halides is 2. The van der Waals surface area contributed by atoms with Crippen LogP contribution in [0, 0.1) is 13.8 Å². The zero-order valence-corrected chi connectivity index (χ0v) is 13.3. The molecule has 0 saturated carbocycles. The Kier molecular flexibility index (Phi) is 5.13. The number of carbonyl (C=O) groups excluding carboxylic acids is 1. The van der Waals surface area contributed by atoms with Crippen LogP contribution in [0.4, 0.5) is 8.78 Å². The van der Waals surface area contributed by atoms with Crippen molar-refractivity contribution in [3.63, 3.8) is 0 Å². The summed E-state index contributed by atoms with van der Waals surface area (Å²) >= 11 is 1.44. The first-order chi connectivity index (χ1) is 10.4. The smallest absolute Gasteiger partial charge is 0.387 e. The molecule has 22 heavy (non-hydrogen) atoms. The van der Waals surface area contributed by atoms with Crippen molar-refractivity contribution in [2.75, 3.05) is 0 Å². The highest BCUT2D eigenvalue weighted by atomic mass is 32.1. The molecule has 2 aromatic rings. The summed E-state index contributed by atoms with van der Waals surface area (Å²) in [6, 6.07) is 7.87. The SMILES string of the molecule is Cc1cc(C(=O)N[C@@H](C)c2cccc(OC(F)F)c2)sc1C. The third-order valence-corrected chi connectivity index (χ3v) is 4.47. The van der Waals surface area contributed by atoms with Gasteiger partial charge in [-0.3, -0.25) is 4.79 Å². The quantitative estimate of drug-likeness (QED) is 0.881. The molecule has 2 rings (SSSR count). The van der Waals surface area contributed by atoms with Crippen molar-refractivity contribution in [1.29, 1.82) is 0 Å². The van der Waals surface area contributed by atoms with Crippen LogP contribution in [0.2, 0.25) is 0 Å². The van der Waals surface area contributed by atoms with Crippen LogP contribution in [-0.4, -0.2) is 12.5 Å². The van der Waals surface area contributed by atoms with E-state index in [1.807, 2.05) is 19.9 Å². The molecular formula is C16H17F2NO2S. The second kappa shape index (κ2) is 6.87. The van der Waals surface area contributed by atoms with E-state index >= 15 is 0 Å². The van der Waals surface area contributed by atoms with Gasteiger partial charge in [-0.05, 0) is 50.1 Å². The maximum atomic E-state index is 12.2. The van der Waals surface area contributed by atoms with Crippen LogP contribution in [0.25, 0.3) is 0 Å². The lowest BCUT2D eigenvalue weighted by Gasteiger charge is -2.15. The number of hydrogen-bond donors (Lipinski definition) is 1. The maximum Gasteiger partial charge on any atom is 0.387 e. The molecule has 6 heteroatoms. The Labute approximate surface area is 131 Å². The molecule has 0 aliphatic heterocycles. The van der Waals surface area contributed by atoms with Crippen molar-refractivity contribution in [1.82, 2.24) is 5.32 Å². The summed E-state index contributed by atoms with van der Waals surface area (Å²) in [5, 5.41) is 2.86. The number of ether oxygens (including phenoxy) is 1. The number of hydrogen-bond acceptors (Lipinski definition) is 3. The van der Waals surface area contributed by atoms with Crippen LogP contribution in [-0.2, 0) is 0 Å². The molecule has 0 saturated heterocycles. The van der Waals surface area contributed by atoms with Gasteiger partial charge in [-0.15, -0.1) is 11.3 Å². The molecule has 118 valence electrons. The van der Waals surface area contributed by atoms with Gasteiger partial charge in [0, 0.05) is 4.88 Å². The summed E-state index contributed by atoms with van der Waals surface area (Å²) in [5.41, 5.74) is 1.78. The van der Waals surface area contributed by atoms with Crippen molar-refractivity contribution in [2.45, 2.75) is 33.4 Å². The fraction of sp³-hybridized carbons (Fsp3) is 0.312. The normalized spacial score (nSPS) is 12.3. The van der Waals surface area contributed by atoms with Gasteiger partial charge in [0.25, 0.3) is 5.91 Å². The van der Waals surface area contributed by atoms with Crippen LogP contribution < -0.4 is 10.1 Å². The van der Waals surface area contributed by atoms with Crippen molar-refractivity contribution >= 4 is 17.2 Å². The molecule has 1 amide bonds. The van der Waals surface area contributed by atoms with E-state index in [0.717, 1.165) is 10.4 Å². The lowest BCUT2D eigenvalue weighted by Crippen LogP contribution is -2.25. The number of nitrogens with one attached hydrogen (secondary N) is 1. The molecule has 1 heterocycles. The van der Waals surface area contributed by atoms with E-state index in [9.17, 15) is 13.6 Å². The van der Waals surface area contributed by atoms with Crippen LogP contribution in [0.5, 0.6) is 5.75 Å². The summed E-state index contributed by atoms with van der Waals surface area (Å²) in [6.07, 6.45) is 0. The first-order valence-corrected chi connectivity index (χ1v) is 7.61. The highest BCUT2D eigenvalue weighted by Gasteiger charge is 2.15. The molecule has 3 nitrogen and oxygen atoms in total. The molecule has 0 aliphatic rings. The number of thiophene rings is 1. The van der Waals surface area contributed by atoms with Crippen molar-refractivity contribution in [3.05, 3.63) is 51.2 Å². The second-order valence-corrected chi connectivity index (χ2v) is 6.25. The largest absolute Gasteiger partial charge is 0.435 e. The Hall–Kier alpha value is -1.95. The number of aryl methyl sites for hydroxylation is 2. The number of carbonyl (C=O) groups is 1. The molecule has 1 aromatic heterocycles. The fourth-order valence-electron chi connectivity index (χ4n) is 2.00. The first-order valence-electron chi connectivity index (χ1n) is 6.79. The van der Waals surface area contributed by atoms with Crippen molar-refractivity contribution < 1.29 is 18.3 Å². The molecule has 1 aromatic carbocycles. The van der Waals surface area contributed by atoms with E-state index in [0.29, 0.717) is 10.4 Å². The molecule has 0 fully saturated rings. The Bertz CT molecular complexity index is 650. The lowest BCUT2D eigenvalue weighted by atomic mass is 10.1. The number of halogens is 2. The monoisotopic (exact) mass is 325 g/mol. The van der Waals surface area contributed by atoms with E-state index in [1.165, 1.54) is 23.5 Å².